The van der Waals surface area contributed by atoms with E-state index in [4.69, 9.17) is 9.84 Å². The molecule has 0 bridgehead atoms. The summed E-state index contributed by atoms with van der Waals surface area (Å²) in [6, 6.07) is 0. The Bertz CT molecular complexity index is 1270. The third-order valence-electron chi connectivity index (χ3n) is 14.7. The van der Waals surface area contributed by atoms with Gasteiger partial charge in [0, 0.05) is 36.6 Å². The number of nitrogens with one attached hydrogen (secondary N) is 1. The molecule has 0 aliphatic heterocycles. The van der Waals surface area contributed by atoms with Gasteiger partial charge in [-0.2, -0.15) is 0 Å². The molecule has 5 rings (SSSR count). The van der Waals surface area contributed by atoms with Crippen LogP contribution in [-0.2, 0) is 23.9 Å². The highest BCUT2D eigenvalue weighted by Gasteiger charge is 2.70. The highest BCUT2D eigenvalue weighted by molar-refractivity contribution is 5.95. The van der Waals surface area contributed by atoms with Gasteiger partial charge in [-0.3, -0.25) is 19.2 Å². The average molecular weight is 626 g/mol. The molecule has 1 amide bonds. The van der Waals surface area contributed by atoms with Crippen LogP contribution in [0.1, 0.15) is 139 Å². The summed E-state index contributed by atoms with van der Waals surface area (Å²) in [5.74, 6) is -0.199. The van der Waals surface area contributed by atoms with E-state index in [-0.39, 0.29) is 69.1 Å². The number of unbranched alkanes of at least 4 members (excludes halogenated alkanes) is 2. The van der Waals surface area contributed by atoms with E-state index in [2.05, 4.69) is 59.9 Å². The number of allylic oxidation sites excluding steroid dienone is 2. The molecule has 45 heavy (non-hydrogen) atoms. The number of ether oxygens (including phenoxy) is 1. The molecule has 0 aromatic rings. The van der Waals surface area contributed by atoms with Crippen molar-refractivity contribution in [3.8, 4) is 0 Å². The number of esters is 1. The fraction of sp³-hybridized carbons (Fsp3) is 0.842. The van der Waals surface area contributed by atoms with Crippen LogP contribution in [-0.4, -0.2) is 41.4 Å². The van der Waals surface area contributed by atoms with Gasteiger partial charge in [0.15, 0.2) is 5.78 Å². The lowest BCUT2D eigenvalue weighted by molar-refractivity contribution is -0.210. The second kappa shape index (κ2) is 11.5. The van der Waals surface area contributed by atoms with Crippen LogP contribution in [0.15, 0.2) is 11.6 Å². The summed E-state index contributed by atoms with van der Waals surface area (Å²) in [5.41, 5.74) is 0.246. The summed E-state index contributed by atoms with van der Waals surface area (Å²) < 4.78 is 5.86. The van der Waals surface area contributed by atoms with Gasteiger partial charge in [-0.15, -0.1) is 0 Å². The van der Waals surface area contributed by atoms with Crippen LogP contribution in [0.3, 0.4) is 0 Å². The first-order chi connectivity index (χ1) is 20.8. The van der Waals surface area contributed by atoms with Gasteiger partial charge in [-0.1, -0.05) is 60.5 Å². The normalized spacial score (nSPS) is 43.5. The Morgan fingerprint density at radius 3 is 2.27 bits per heavy atom. The number of amides is 1. The molecule has 5 aliphatic carbocycles. The summed E-state index contributed by atoms with van der Waals surface area (Å²) in [6.07, 6.45) is 12.8. The molecule has 4 fully saturated rings. The van der Waals surface area contributed by atoms with Crippen molar-refractivity contribution in [2.24, 2.45) is 50.2 Å². The van der Waals surface area contributed by atoms with Crippen molar-refractivity contribution >= 4 is 23.6 Å². The summed E-state index contributed by atoms with van der Waals surface area (Å²) in [7, 11) is 0. The summed E-state index contributed by atoms with van der Waals surface area (Å²) >= 11 is 0. The number of aliphatic carboxylic acids is 1. The van der Waals surface area contributed by atoms with Gasteiger partial charge in [-0.25, -0.2) is 0 Å². The van der Waals surface area contributed by atoms with Crippen molar-refractivity contribution < 1.29 is 29.0 Å². The van der Waals surface area contributed by atoms with Crippen molar-refractivity contribution in [1.82, 2.24) is 5.32 Å². The van der Waals surface area contributed by atoms with Crippen molar-refractivity contribution in [3.05, 3.63) is 11.6 Å². The largest absolute Gasteiger partial charge is 0.481 e. The zero-order chi connectivity index (χ0) is 33.2. The van der Waals surface area contributed by atoms with E-state index in [0.29, 0.717) is 18.9 Å². The van der Waals surface area contributed by atoms with Gasteiger partial charge in [0.05, 0.1) is 0 Å². The van der Waals surface area contributed by atoms with Gasteiger partial charge in [-0.05, 0) is 110 Å². The van der Waals surface area contributed by atoms with Gasteiger partial charge in [0.2, 0.25) is 5.91 Å². The molecule has 5 aliphatic rings. The number of hydrogen-bond donors (Lipinski definition) is 2. The standard InChI is InChI=1S/C38H59NO6/c1-24(40)45-29-14-15-36(6)28(33(29,2)3)13-16-38(8)31(36)27(41)22-25-26-23-35(5,18-17-34(26,4)19-20-37(25,38)7)32(44)39-21-11-9-10-12-30(42)43/h22,26,28-29,31H,9-21,23H2,1-8H3,(H,39,44)(H,42,43)/t26-,28-,29-,31+,34+,35-,36-,37+,38+/m0/s1. The molecule has 4 saturated carbocycles. The predicted molar refractivity (Wildman–Crippen MR) is 174 cm³/mol. The SMILES string of the molecule is CC(=O)O[C@H]1CC[C@]2(C)[C@H]3C(=O)C=C4[C@@H]5C[C@@](C)(C(=O)NCCCCCC(=O)O)CC[C@]5(C)CC[C@@]4(C)[C@]3(C)CC[C@H]2C1(C)C. The minimum absolute atomic E-state index is 0.0705. The second-order valence-electron chi connectivity index (χ2n) is 17.7. The first kappa shape index (κ1) is 34.2. The third-order valence-corrected chi connectivity index (χ3v) is 14.7. The molecule has 252 valence electrons. The Balaban J connectivity index is 1.41. The molecule has 2 N–H and O–H groups in total. The van der Waals surface area contributed by atoms with E-state index >= 15 is 0 Å². The van der Waals surface area contributed by atoms with Crippen LogP contribution in [0.5, 0.6) is 0 Å². The van der Waals surface area contributed by atoms with Crippen molar-refractivity contribution in [2.45, 2.75) is 145 Å². The number of hydrogen-bond acceptors (Lipinski definition) is 5. The molecule has 0 saturated heterocycles. The third kappa shape index (κ3) is 5.40. The number of fused-ring (bicyclic) bond motifs is 7. The molecule has 0 heterocycles. The number of rotatable bonds is 8. The van der Waals surface area contributed by atoms with Gasteiger partial charge in [0.1, 0.15) is 6.10 Å². The lowest BCUT2D eigenvalue weighted by atomic mass is 9.33. The fourth-order valence-electron chi connectivity index (χ4n) is 11.8. The molecule has 0 aromatic carbocycles. The highest BCUT2D eigenvalue weighted by atomic mass is 16.5. The Morgan fingerprint density at radius 2 is 1.60 bits per heavy atom. The van der Waals surface area contributed by atoms with Crippen LogP contribution >= 0.6 is 0 Å². The molecule has 0 radical (unpaired) electrons. The number of ketones is 1. The molecule has 9 atom stereocenters. The zero-order valence-electron chi connectivity index (χ0n) is 29.3. The molecule has 0 spiro atoms. The highest BCUT2D eigenvalue weighted by Crippen LogP contribution is 2.75. The first-order valence-electron chi connectivity index (χ1n) is 17.8. The Morgan fingerprint density at radius 1 is 0.911 bits per heavy atom. The van der Waals surface area contributed by atoms with E-state index in [1.807, 2.05) is 0 Å². The minimum atomic E-state index is -0.774. The lowest BCUT2D eigenvalue weighted by Crippen LogP contribution is -2.66. The molecule has 7 nitrogen and oxygen atoms in total. The summed E-state index contributed by atoms with van der Waals surface area (Å²) in [5, 5.41) is 12.1. The van der Waals surface area contributed by atoms with Gasteiger partial charge >= 0.3 is 11.9 Å². The number of carboxylic acid groups (broad SMARTS) is 1. The van der Waals surface area contributed by atoms with Crippen LogP contribution in [0.2, 0.25) is 0 Å². The van der Waals surface area contributed by atoms with Crippen molar-refractivity contribution in [2.75, 3.05) is 6.54 Å². The lowest BCUT2D eigenvalue weighted by Gasteiger charge is -2.70. The number of carbonyl (C=O) groups is 4. The minimum Gasteiger partial charge on any atom is -0.481 e. The van der Waals surface area contributed by atoms with Crippen LogP contribution in [0, 0.1) is 50.2 Å². The van der Waals surface area contributed by atoms with E-state index in [9.17, 15) is 19.2 Å². The number of carbonyl (C=O) groups excluding carboxylic acids is 3. The van der Waals surface area contributed by atoms with E-state index in [1.54, 1.807) is 0 Å². The van der Waals surface area contributed by atoms with Gasteiger partial charge in [0.25, 0.3) is 0 Å². The number of carboxylic acids is 1. The van der Waals surface area contributed by atoms with Crippen molar-refractivity contribution in [1.29, 1.82) is 0 Å². The second-order valence-corrected chi connectivity index (χ2v) is 17.7. The monoisotopic (exact) mass is 625 g/mol. The fourth-order valence-corrected chi connectivity index (χ4v) is 11.8. The van der Waals surface area contributed by atoms with E-state index in [0.717, 1.165) is 70.6 Å². The van der Waals surface area contributed by atoms with E-state index < -0.39 is 11.4 Å². The molecular weight excluding hydrogens is 566 g/mol. The topological polar surface area (TPSA) is 110 Å². The maximum Gasteiger partial charge on any atom is 0.303 e. The van der Waals surface area contributed by atoms with Gasteiger partial charge < -0.3 is 15.2 Å². The maximum atomic E-state index is 14.6. The Kier molecular flexibility index (Phi) is 8.74. The Labute approximate surface area is 271 Å². The molecule has 0 unspecified atom stereocenters. The van der Waals surface area contributed by atoms with Crippen LogP contribution in [0.25, 0.3) is 0 Å². The quantitative estimate of drug-likeness (QED) is 0.212. The molecule has 0 aromatic heterocycles. The summed E-state index contributed by atoms with van der Waals surface area (Å²) in [4.78, 5) is 51.1. The van der Waals surface area contributed by atoms with Crippen LogP contribution in [0.4, 0.5) is 0 Å². The summed E-state index contributed by atoms with van der Waals surface area (Å²) in [6.45, 7) is 18.3. The van der Waals surface area contributed by atoms with Crippen LogP contribution < -0.4 is 5.32 Å². The maximum absolute atomic E-state index is 14.6. The predicted octanol–water partition coefficient (Wildman–Crippen LogP) is 7.66. The molecule has 7 heteroatoms. The average Bonchev–Trinajstić information content (AvgIpc) is 2.94. The van der Waals surface area contributed by atoms with E-state index in [1.165, 1.54) is 12.5 Å². The zero-order valence-corrected chi connectivity index (χ0v) is 29.3. The Hall–Kier alpha value is -2.18. The first-order valence-corrected chi connectivity index (χ1v) is 17.8. The van der Waals surface area contributed by atoms with Crippen molar-refractivity contribution in [3.63, 3.8) is 0 Å². The molecular formula is C38H59NO6. The smallest absolute Gasteiger partial charge is 0.303 e.